The fourth-order valence-electron chi connectivity index (χ4n) is 5.06. The van der Waals surface area contributed by atoms with Crippen molar-refractivity contribution in [1.82, 2.24) is 4.57 Å². The summed E-state index contributed by atoms with van der Waals surface area (Å²) in [5.74, 6) is 2.28. The monoisotopic (exact) mass is 589 g/mol. The summed E-state index contributed by atoms with van der Waals surface area (Å²) >= 11 is 7.16. The Morgan fingerprint density at radius 2 is 1.14 bits per heavy atom. The number of aliphatic hydroxyl groups excluding tert-OH is 1. The van der Waals surface area contributed by atoms with Crippen molar-refractivity contribution in [3.05, 3.63) is 149 Å². The minimum atomic E-state index is -0.0217. The van der Waals surface area contributed by atoms with Crippen molar-refractivity contribution in [2.75, 3.05) is 13.2 Å². The first kappa shape index (κ1) is 28.4. The van der Waals surface area contributed by atoms with Gasteiger partial charge in [-0.2, -0.15) is 0 Å². The minimum absolute atomic E-state index is 0.0217. The lowest BCUT2D eigenvalue weighted by molar-refractivity contribution is 0.201. The second kappa shape index (κ2) is 13.5. The molecule has 1 N–H and O–H groups in total. The molecule has 0 radical (unpaired) electrons. The average Bonchev–Trinajstić information content (AvgIpc) is 3.33. The first-order chi connectivity index (χ1) is 21.2. The zero-order valence-corrected chi connectivity index (χ0v) is 24.4. The Morgan fingerprint density at radius 3 is 1.77 bits per heavy atom. The molecule has 6 aromatic rings. The van der Waals surface area contributed by atoms with Crippen LogP contribution in [-0.4, -0.2) is 22.9 Å². The maximum Gasteiger partial charge on any atom is 0.120 e. The molecule has 0 saturated carbocycles. The largest absolute Gasteiger partial charge is 0.491 e. The Kier molecular flexibility index (Phi) is 8.93. The van der Waals surface area contributed by atoms with Gasteiger partial charge in [0.15, 0.2) is 0 Å². The standard InChI is InChI=1S/C37H32ClNO4/c38-36-34-23-33(43-26-29-9-5-2-6-10-29)19-20-35(34)39(24-27-11-15-31(16-12-27)41-22-21-40)37(36)30-13-17-32(18-14-30)42-25-28-7-3-1-4-8-28/h1-20,23,40H,21-22,24-26H2. The molecule has 1 aromatic heterocycles. The topological polar surface area (TPSA) is 52.9 Å². The molecule has 0 amide bonds. The van der Waals surface area contributed by atoms with Crippen LogP contribution in [0.3, 0.4) is 0 Å². The molecule has 216 valence electrons. The van der Waals surface area contributed by atoms with E-state index in [0.717, 1.165) is 56.1 Å². The molecule has 0 aliphatic carbocycles. The predicted molar refractivity (Wildman–Crippen MR) is 172 cm³/mol. The van der Waals surface area contributed by atoms with Crippen LogP contribution in [0.1, 0.15) is 16.7 Å². The van der Waals surface area contributed by atoms with Crippen molar-refractivity contribution in [1.29, 1.82) is 0 Å². The van der Waals surface area contributed by atoms with Gasteiger partial charge in [0, 0.05) is 11.9 Å². The molecule has 0 fully saturated rings. The van der Waals surface area contributed by atoms with E-state index in [9.17, 15) is 0 Å². The molecule has 1 heterocycles. The second-order valence-electron chi connectivity index (χ2n) is 10.2. The van der Waals surface area contributed by atoms with Gasteiger partial charge in [0.25, 0.3) is 0 Å². The van der Waals surface area contributed by atoms with Gasteiger partial charge in [-0.05, 0) is 76.9 Å². The molecule has 0 saturated heterocycles. The molecule has 43 heavy (non-hydrogen) atoms. The van der Waals surface area contributed by atoms with E-state index < -0.39 is 0 Å². The molecule has 6 heteroatoms. The van der Waals surface area contributed by atoms with Crippen LogP contribution in [0.4, 0.5) is 0 Å². The number of fused-ring (bicyclic) bond motifs is 1. The number of nitrogens with zero attached hydrogens (tertiary/aromatic N) is 1. The van der Waals surface area contributed by atoms with Crippen LogP contribution in [0, 0.1) is 0 Å². The van der Waals surface area contributed by atoms with E-state index in [1.807, 2.05) is 97.1 Å². The number of hydrogen-bond donors (Lipinski definition) is 1. The van der Waals surface area contributed by atoms with Gasteiger partial charge >= 0.3 is 0 Å². The molecule has 0 atom stereocenters. The van der Waals surface area contributed by atoms with E-state index in [-0.39, 0.29) is 13.2 Å². The van der Waals surface area contributed by atoms with Crippen LogP contribution in [0.2, 0.25) is 5.02 Å². The van der Waals surface area contributed by atoms with Crippen molar-refractivity contribution >= 4 is 22.5 Å². The summed E-state index contributed by atoms with van der Waals surface area (Å²) in [6.07, 6.45) is 0. The van der Waals surface area contributed by atoms with E-state index in [1.165, 1.54) is 0 Å². The van der Waals surface area contributed by atoms with Gasteiger partial charge in [-0.1, -0.05) is 84.4 Å². The minimum Gasteiger partial charge on any atom is -0.491 e. The van der Waals surface area contributed by atoms with Crippen LogP contribution in [-0.2, 0) is 19.8 Å². The van der Waals surface area contributed by atoms with E-state index in [1.54, 1.807) is 0 Å². The second-order valence-corrected chi connectivity index (χ2v) is 10.6. The quantitative estimate of drug-likeness (QED) is 0.155. The van der Waals surface area contributed by atoms with E-state index in [0.29, 0.717) is 24.8 Å². The molecular formula is C37H32ClNO4. The van der Waals surface area contributed by atoms with Crippen molar-refractivity contribution in [3.63, 3.8) is 0 Å². The molecule has 5 aromatic carbocycles. The summed E-state index contributed by atoms with van der Waals surface area (Å²) in [6.45, 7) is 1.83. The van der Waals surface area contributed by atoms with Gasteiger partial charge in [0.1, 0.15) is 37.1 Å². The Balaban J connectivity index is 1.31. The van der Waals surface area contributed by atoms with Crippen LogP contribution in [0.5, 0.6) is 17.2 Å². The summed E-state index contributed by atoms with van der Waals surface area (Å²) < 4.78 is 20.0. The van der Waals surface area contributed by atoms with Gasteiger partial charge < -0.3 is 23.9 Å². The van der Waals surface area contributed by atoms with Gasteiger partial charge in [0.2, 0.25) is 0 Å². The Labute approximate surface area is 256 Å². The zero-order valence-electron chi connectivity index (χ0n) is 23.7. The number of aliphatic hydroxyl groups is 1. The van der Waals surface area contributed by atoms with Crippen molar-refractivity contribution in [3.8, 4) is 28.5 Å². The lowest BCUT2D eigenvalue weighted by Crippen LogP contribution is -2.03. The summed E-state index contributed by atoms with van der Waals surface area (Å²) in [6, 6.07) is 42.3. The van der Waals surface area contributed by atoms with Crippen molar-refractivity contribution in [2.24, 2.45) is 0 Å². The lowest BCUT2D eigenvalue weighted by Gasteiger charge is -2.13. The number of rotatable bonds is 12. The highest BCUT2D eigenvalue weighted by Crippen LogP contribution is 2.40. The van der Waals surface area contributed by atoms with Crippen LogP contribution in [0.15, 0.2) is 127 Å². The first-order valence-corrected chi connectivity index (χ1v) is 14.6. The van der Waals surface area contributed by atoms with E-state index >= 15 is 0 Å². The van der Waals surface area contributed by atoms with E-state index in [2.05, 4.69) is 34.9 Å². The lowest BCUT2D eigenvalue weighted by atomic mass is 10.1. The highest BCUT2D eigenvalue weighted by atomic mass is 35.5. The fourth-order valence-corrected chi connectivity index (χ4v) is 5.42. The van der Waals surface area contributed by atoms with Gasteiger partial charge in [-0.25, -0.2) is 0 Å². The zero-order chi connectivity index (χ0) is 29.4. The molecule has 0 aliphatic rings. The third-order valence-corrected chi connectivity index (χ3v) is 7.60. The SMILES string of the molecule is OCCOc1ccc(Cn2c(-c3ccc(OCc4ccccc4)cc3)c(Cl)c3cc(OCc4ccccc4)ccc32)cc1. The molecule has 0 unspecified atom stereocenters. The van der Waals surface area contributed by atoms with Crippen LogP contribution >= 0.6 is 11.6 Å². The van der Waals surface area contributed by atoms with E-state index in [4.69, 9.17) is 30.9 Å². The first-order valence-electron chi connectivity index (χ1n) is 14.3. The third-order valence-electron chi connectivity index (χ3n) is 7.22. The van der Waals surface area contributed by atoms with Gasteiger partial charge in [-0.15, -0.1) is 0 Å². The molecule has 6 rings (SSSR count). The Hall–Kier alpha value is -4.71. The maximum atomic E-state index is 9.07. The summed E-state index contributed by atoms with van der Waals surface area (Å²) in [5, 5.41) is 10.7. The third kappa shape index (κ3) is 6.86. The normalized spacial score (nSPS) is 11.0. The molecular weight excluding hydrogens is 558 g/mol. The Morgan fingerprint density at radius 1 is 0.581 bits per heavy atom. The molecule has 0 bridgehead atoms. The van der Waals surface area contributed by atoms with Crippen LogP contribution in [0.25, 0.3) is 22.2 Å². The van der Waals surface area contributed by atoms with Gasteiger partial charge in [-0.3, -0.25) is 0 Å². The smallest absolute Gasteiger partial charge is 0.120 e. The number of halogens is 1. The number of aromatic nitrogens is 1. The molecule has 0 aliphatic heterocycles. The number of ether oxygens (including phenoxy) is 3. The van der Waals surface area contributed by atoms with Crippen molar-refractivity contribution in [2.45, 2.75) is 19.8 Å². The fraction of sp³-hybridized carbons (Fsp3) is 0.135. The molecule has 0 spiro atoms. The van der Waals surface area contributed by atoms with Gasteiger partial charge in [0.05, 0.1) is 22.8 Å². The number of hydrogen-bond acceptors (Lipinski definition) is 4. The predicted octanol–water partition coefficient (Wildman–Crippen LogP) is 8.54. The summed E-state index contributed by atoms with van der Waals surface area (Å²) in [4.78, 5) is 0. The highest BCUT2D eigenvalue weighted by Gasteiger charge is 2.19. The number of benzene rings is 5. The van der Waals surface area contributed by atoms with Crippen LogP contribution < -0.4 is 14.2 Å². The van der Waals surface area contributed by atoms with Crippen molar-refractivity contribution < 1.29 is 19.3 Å². The average molecular weight is 590 g/mol. The maximum absolute atomic E-state index is 9.07. The summed E-state index contributed by atoms with van der Waals surface area (Å²) in [5.41, 5.74) is 6.24. The summed E-state index contributed by atoms with van der Waals surface area (Å²) in [7, 11) is 0. The highest BCUT2D eigenvalue weighted by molar-refractivity contribution is 6.38. The Bertz CT molecular complexity index is 1770. The molecule has 5 nitrogen and oxygen atoms in total.